The van der Waals surface area contributed by atoms with Crippen molar-refractivity contribution >= 4 is 21.7 Å². The zero-order valence-corrected chi connectivity index (χ0v) is 13.4. The third-order valence-corrected chi connectivity index (χ3v) is 4.12. The maximum Gasteiger partial charge on any atom is 0.144 e. The summed E-state index contributed by atoms with van der Waals surface area (Å²) in [5.41, 5.74) is 6.91. The summed E-state index contributed by atoms with van der Waals surface area (Å²) in [5, 5.41) is 0. The van der Waals surface area contributed by atoms with Crippen molar-refractivity contribution in [2.75, 3.05) is 19.4 Å². The smallest absolute Gasteiger partial charge is 0.144 e. The molecule has 1 atom stereocenters. The molecule has 1 unspecified atom stereocenters. The predicted octanol–water partition coefficient (Wildman–Crippen LogP) is 2.78. The molecule has 2 aromatic rings. The molecule has 0 amide bonds. The van der Waals surface area contributed by atoms with Crippen LogP contribution in [0.4, 0.5) is 5.82 Å². The van der Waals surface area contributed by atoms with Crippen molar-refractivity contribution in [3.8, 4) is 5.75 Å². The molecule has 2 heterocycles. The van der Waals surface area contributed by atoms with E-state index in [0.717, 1.165) is 29.1 Å². The van der Waals surface area contributed by atoms with Crippen LogP contribution in [0.2, 0.25) is 0 Å². The maximum atomic E-state index is 5.73. The number of aromatic nitrogens is 2. The molecule has 21 heavy (non-hydrogen) atoms. The van der Waals surface area contributed by atoms with Gasteiger partial charge in [-0.05, 0) is 31.3 Å². The summed E-state index contributed by atoms with van der Waals surface area (Å²) in [6.45, 7) is 1.38. The van der Waals surface area contributed by atoms with Crippen LogP contribution >= 0.6 is 15.9 Å². The Hall–Kier alpha value is -1.66. The van der Waals surface area contributed by atoms with Gasteiger partial charge in [0.25, 0.3) is 0 Å². The van der Waals surface area contributed by atoms with Crippen molar-refractivity contribution < 1.29 is 4.74 Å². The highest BCUT2D eigenvalue weighted by molar-refractivity contribution is 9.10. The number of halogens is 1. The molecule has 0 saturated heterocycles. The number of benzene rings is 1. The molecule has 0 radical (unpaired) electrons. The molecule has 1 aliphatic heterocycles. The first-order valence-electron chi connectivity index (χ1n) is 6.83. The van der Waals surface area contributed by atoms with Crippen LogP contribution in [0.25, 0.3) is 0 Å². The van der Waals surface area contributed by atoms with Gasteiger partial charge >= 0.3 is 0 Å². The Kier molecular flexibility index (Phi) is 4.07. The van der Waals surface area contributed by atoms with Gasteiger partial charge in [0.15, 0.2) is 0 Å². The lowest BCUT2D eigenvalue weighted by Gasteiger charge is -2.33. The average molecular weight is 349 g/mol. The average Bonchev–Trinajstić information content (AvgIpc) is 2.46. The largest absolute Gasteiger partial charge is 0.493 e. The number of nitrogen functional groups attached to an aromatic ring is 1. The first-order chi connectivity index (χ1) is 10.1. The van der Waals surface area contributed by atoms with E-state index in [9.17, 15) is 0 Å². The minimum Gasteiger partial charge on any atom is -0.493 e. The van der Waals surface area contributed by atoms with E-state index in [-0.39, 0.29) is 6.04 Å². The van der Waals surface area contributed by atoms with Crippen LogP contribution in [0.15, 0.2) is 34.9 Å². The number of hydrogen-bond donors (Lipinski definition) is 1. The van der Waals surface area contributed by atoms with Crippen molar-refractivity contribution in [2.24, 2.45) is 0 Å². The number of anilines is 1. The van der Waals surface area contributed by atoms with E-state index in [0.29, 0.717) is 12.4 Å². The van der Waals surface area contributed by atoms with Crippen LogP contribution in [-0.4, -0.2) is 28.5 Å². The SMILES string of the molecule is CN(Cc1nccc(N)n1)C1CCOc2ccc(Br)cc21. The number of ether oxygens (including phenoxy) is 1. The quantitative estimate of drug-likeness (QED) is 0.923. The van der Waals surface area contributed by atoms with Crippen molar-refractivity contribution in [1.82, 2.24) is 14.9 Å². The Labute approximate surface area is 132 Å². The Morgan fingerprint density at radius 3 is 3.10 bits per heavy atom. The van der Waals surface area contributed by atoms with E-state index in [1.165, 1.54) is 5.56 Å². The van der Waals surface area contributed by atoms with Gasteiger partial charge in [-0.25, -0.2) is 9.97 Å². The predicted molar refractivity (Wildman–Crippen MR) is 84.9 cm³/mol. The van der Waals surface area contributed by atoms with Crippen LogP contribution in [0.3, 0.4) is 0 Å². The fourth-order valence-corrected chi connectivity index (χ4v) is 3.01. The molecule has 0 saturated carbocycles. The highest BCUT2D eigenvalue weighted by Crippen LogP contribution is 2.37. The summed E-state index contributed by atoms with van der Waals surface area (Å²) in [5.74, 6) is 2.19. The minimum absolute atomic E-state index is 0.288. The Balaban J connectivity index is 1.83. The first-order valence-corrected chi connectivity index (χ1v) is 7.62. The third kappa shape index (κ3) is 3.16. The molecule has 1 aliphatic rings. The van der Waals surface area contributed by atoms with Crippen molar-refractivity contribution in [2.45, 2.75) is 19.0 Å². The number of hydrogen-bond acceptors (Lipinski definition) is 5. The van der Waals surface area contributed by atoms with Gasteiger partial charge in [0.2, 0.25) is 0 Å². The fourth-order valence-electron chi connectivity index (χ4n) is 2.63. The second kappa shape index (κ2) is 5.99. The highest BCUT2D eigenvalue weighted by Gasteiger charge is 2.25. The van der Waals surface area contributed by atoms with Crippen molar-refractivity contribution in [1.29, 1.82) is 0 Å². The van der Waals surface area contributed by atoms with E-state index in [1.54, 1.807) is 12.3 Å². The number of nitrogens with zero attached hydrogens (tertiary/aromatic N) is 3. The van der Waals surface area contributed by atoms with Crippen LogP contribution in [-0.2, 0) is 6.54 Å². The van der Waals surface area contributed by atoms with Crippen LogP contribution in [0.1, 0.15) is 23.9 Å². The standard InChI is InChI=1S/C15H17BrN4O/c1-20(9-15-18-6-4-14(17)19-15)12-5-7-21-13-3-2-10(16)8-11(12)13/h2-4,6,8,12H,5,7,9H2,1H3,(H2,17,18,19). The van der Waals surface area contributed by atoms with E-state index in [2.05, 4.69) is 43.9 Å². The summed E-state index contributed by atoms with van der Waals surface area (Å²) < 4.78 is 6.79. The maximum absolute atomic E-state index is 5.73. The second-order valence-electron chi connectivity index (χ2n) is 5.15. The molecular formula is C15H17BrN4O. The summed E-state index contributed by atoms with van der Waals surface area (Å²) >= 11 is 3.53. The monoisotopic (exact) mass is 348 g/mol. The minimum atomic E-state index is 0.288. The Morgan fingerprint density at radius 1 is 1.43 bits per heavy atom. The van der Waals surface area contributed by atoms with Crippen LogP contribution in [0.5, 0.6) is 5.75 Å². The normalized spacial score (nSPS) is 17.4. The van der Waals surface area contributed by atoms with E-state index >= 15 is 0 Å². The fraction of sp³-hybridized carbons (Fsp3) is 0.333. The van der Waals surface area contributed by atoms with Gasteiger partial charge in [0.05, 0.1) is 13.2 Å². The van der Waals surface area contributed by atoms with Crippen LogP contribution < -0.4 is 10.5 Å². The number of nitrogens with two attached hydrogens (primary N) is 1. The van der Waals surface area contributed by atoms with E-state index in [4.69, 9.17) is 10.5 Å². The molecular weight excluding hydrogens is 332 g/mol. The summed E-state index contributed by atoms with van der Waals surface area (Å²) in [6.07, 6.45) is 2.64. The zero-order valence-electron chi connectivity index (χ0n) is 11.8. The molecule has 110 valence electrons. The molecule has 2 N–H and O–H groups in total. The second-order valence-corrected chi connectivity index (χ2v) is 6.06. The summed E-state index contributed by atoms with van der Waals surface area (Å²) in [6, 6.07) is 8.12. The third-order valence-electron chi connectivity index (χ3n) is 3.63. The number of rotatable bonds is 3. The zero-order chi connectivity index (χ0) is 14.8. The molecule has 6 heteroatoms. The Bertz CT molecular complexity index is 649. The molecule has 0 spiro atoms. The molecule has 5 nitrogen and oxygen atoms in total. The first kappa shape index (κ1) is 14.3. The molecule has 1 aromatic carbocycles. The van der Waals surface area contributed by atoms with Gasteiger partial charge in [-0.2, -0.15) is 0 Å². The lowest BCUT2D eigenvalue weighted by atomic mass is 9.99. The van der Waals surface area contributed by atoms with Gasteiger partial charge in [0.1, 0.15) is 17.4 Å². The van der Waals surface area contributed by atoms with Crippen molar-refractivity contribution in [3.05, 3.63) is 46.3 Å². The van der Waals surface area contributed by atoms with Crippen LogP contribution in [0, 0.1) is 0 Å². The lowest BCUT2D eigenvalue weighted by molar-refractivity contribution is 0.158. The Morgan fingerprint density at radius 2 is 2.29 bits per heavy atom. The molecule has 3 rings (SSSR count). The molecule has 0 bridgehead atoms. The van der Waals surface area contributed by atoms with Gasteiger partial charge in [-0.15, -0.1) is 0 Å². The summed E-state index contributed by atoms with van der Waals surface area (Å²) in [4.78, 5) is 10.8. The number of fused-ring (bicyclic) bond motifs is 1. The van der Waals surface area contributed by atoms with E-state index < -0.39 is 0 Å². The van der Waals surface area contributed by atoms with Crippen molar-refractivity contribution in [3.63, 3.8) is 0 Å². The van der Waals surface area contributed by atoms with Gasteiger partial charge in [0, 0.05) is 28.7 Å². The van der Waals surface area contributed by atoms with Gasteiger partial charge < -0.3 is 10.5 Å². The molecule has 1 aromatic heterocycles. The van der Waals surface area contributed by atoms with E-state index in [1.807, 2.05) is 12.1 Å². The lowest BCUT2D eigenvalue weighted by Crippen LogP contribution is -2.29. The topological polar surface area (TPSA) is 64.3 Å². The summed E-state index contributed by atoms with van der Waals surface area (Å²) in [7, 11) is 2.08. The van der Waals surface area contributed by atoms with Gasteiger partial charge in [-0.1, -0.05) is 15.9 Å². The molecule has 0 aliphatic carbocycles. The highest BCUT2D eigenvalue weighted by atomic mass is 79.9. The molecule has 0 fully saturated rings. The van der Waals surface area contributed by atoms with Gasteiger partial charge in [-0.3, -0.25) is 4.90 Å².